The number of aliphatic hydroxyl groups is 1. The van der Waals surface area contributed by atoms with Crippen molar-refractivity contribution < 1.29 is 14.6 Å². The van der Waals surface area contributed by atoms with Gasteiger partial charge in [-0.25, -0.2) is 4.79 Å². The zero-order valence-electron chi connectivity index (χ0n) is 7.47. The van der Waals surface area contributed by atoms with Crippen LogP contribution in [0.3, 0.4) is 0 Å². The first-order valence-electron chi connectivity index (χ1n) is 4.13. The molecule has 0 saturated carbocycles. The van der Waals surface area contributed by atoms with E-state index in [1.165, 1.54) is 0 Å². The van der Waals surface area contributed by atoms with Gasteiger partial charge < -0.3 is 9.84 Å². The molecule has 1 N–H and O–H groups in total. The van der Waals surface area contributed by atoms with Gasteiger partial charge in [0, 0.05) is 6.42 Å². The summed E-state index contributed by atoms with van der Waals surface area (Å²) in [6.45, 7) is 3.86. The third kappa shape index (κ3) is 3.93. The first-order valence-corrected chi connectivity index (χ1v) is 4.51. The summed E-state index contributed by atoms with van der Waals surface area (Å²) >= 11 is 5.53. The minimum Gasteiger partial charge on any atom is -0.463 e. The number of hydrogen-bond donors (Lipinski definition) is 1. The van der Waals surface area contributed by atoms with Gasteiger partial charge in [0.2, 0.25) is 5.06 Å². The van der Waals surface area contributed by atoms with Crippen LogP contribution in [-0.2, 0) is 9.53 Å². The number of rotatable bonds is 5. The van der Waals surface area contributed by atoms with Gasteiger partial charge >= 0.3 is 5.97 Å². The molecule has 0 aliphatic rings. The molecule has 0 aromatic carbocycles. The number of carbonyl (C=O) groups is 1. The Labute approximate surface area is 77.7 Å². The van der Waals surface area contributed by atoms with Crippen molar-refractivity contribution in [3.63, 3.8) is 0 Å². The van der Waals surface area contributed by atoms with E-state index in [2.05, 4.69) is 4.74 Å². The lowest BCUT2D eigenvalue weighted by atomic mass is 10.1. The summed E-state index contributed by atoms with van der Waals surface area (Å²) < 4.78 is 4.58. The van der Waals surface area contributed by atoms with Crippen LogP contribution in [-0.4, -0.2) is 22.7 Å². The summed E-state index contributed by atoms with van der Waals surface area (Å²) in [7, 11) is 0. The molecule has 4 heteroatoms. The van der Waals surface area contributed by atoms with Crippen molar-refractivity contribution in [2.75, 3.05) is 6.61 Å². The van der Waals surface area contributed by atoms with Crippen LogP contribution in [0.1, 0.15) is 33.1 Å². The molecule has 0 fully saturated rings. The second-order valence-corrected chi connectivity index (χ2v) is 3.21. The van der Waals surface area contributed by atoms with E-state index in [0.717, 1.165) is 6.42 Å². The summed E-state index contributed by atoms with van der Waals surface area (Å²) in [5.41, 5.74) is 0. The Morgan fingerprint density at radius 3 is 2.58 bits per heavy atom. The molecule has 0 aliphatic carbocycles. The molecule has 0 spiro atoms. The molecular formula is C8H15ClO3. The maximum absolute atomic E-state index is 11.0. The van der Waals surface area contributed by atoms with Crippen LogP contribution in [0.5, 0.6) is 0 Å². The van der Waals surface area contributed by atoms with Gasteiger partial charge in [-0.3, -0.25) is 0 Å². The molecule has 0 amide bonds. The zero-order valence-corrected chi connectivity index (χ0v) is 8.23. The van der Waals surface area contributed by atoms with E-state index in [-0.39, 0.29) is 13.0 Å². The standard InChI is InChI=1S/C8H15ClO3/c1-3-5-6-8(9,11)7(10)12-4-2/h11H,3-6H2,1-2H3. The fourth-order valence-corrected chi connectivity index (χ4v) is 0.943. The van der Waals surface area contributed by atoms with Gasteiger partial charge in [0.25, 0.3) is 0 Å². The summed E-state index contributed by atoms with van der Waals surface area (Å²) in [4.78, 5) is 11.0. The molecule has 0 aromatic heterocycles. The van der Waals surface area contributed by atoms with E-state index in [0.29, 0.717) is 6.42 Å². The van der Waals surface area contributed by atoms with Crippen molar-refractivity contribution in [2.45, 2.75) is 38.2 Å². The Balaban J connectivity index is 3.90. The maximum atomic E-state index is 11.0. The number of carbonyl (C=O) groups excluding carboxylic acids is 1. The van der Waals surface area contributed by atoms with Crippen LogP contribution in [0.2, 0.25) is 0 Å². The van der Waals surface area contributed by atoms with Crippen LogP contribution >= 0.6 is 11.6 Å². The molecule has 3 nitrogen and oxygen atoms in total. The first-order chi connectivity index (χ1) is 5.54. The summed E-state index contributed by atoms with van der Waals surface area (Å²) in [6, 6.07) is 0. The van der Waals surface area contributed by atoms with Crippen LogP contribution in [0.25, 0.3) is 0 Å². The smallest absolute Gasteiger partial charge is 0.354 e. The van der Waals surface area contributed by atoms with Crippen molar-refractivity contribution in [1.82, 2.24) is 0 Å². The van der Waals surface area contributed by atoms with Crippen molar-refractivity contribution in [1.29, 1.82) is 0 Å². The fourth-order valence-electron chi connectivity index (χ4n) is 0.755. The van der Waals surface area contributed by atoms with Crippen LogP contribution in [0.15, 0.2) is 0 Å². The van der Waals surface area contributed by atoms with E-state index in [9.17, 15) is 9.90 Å². The predicted molar refractivity (Wildman–Crippen MR) is 47.0 cm³/mol. The second-order valence-electron chi connectivity index (χ2n) is 2.58. The molecule has 12 heavy (non-hydrogen) atoms. The highest BCUT2D eigenvalue weighted by atomic mass is 35.5. The van der Waals surface area contributed by atoms with E-state index >= 15 is 0 Å². The van der Waals surface area contributed by atoms with Crippen molar-refractivity contribution in [3.05, 3.63) is 0 Å². The molecule has 0 radical (unpaired) electrons. The minimum absolute atomic E-state index is 0.236. The number of halogens is 1. The van der Waals surface area contributed by atoms with Crippen LogP contribution in [0, 0.1) is 0 Å². The SMILES string of the molecule is CCCCC(O)(Cl)C(=O)OCC. The summed E-state index contributed by atoms with van der Waals surface area (Å²) in [6.07, 6.45) is 1.83. The highest BCUT2D eigenvalue weighted by Gasteiger charge is 2.33. The average Bonchev–Trinajstić information content (AvgIpc) is 2.01. The lowest BCUT2D eigenvalue weighted by molar-refractivity contribution is -0.157. The molecule has 0 rings (SSSR count). The number of hydrogen-bond acceptors (Lipinski definition) is 3. The third-order valence-corrected chi connectivity index (χ3v) is 1.79. The Morgan fingerprint density at radius 1 is 1.58 bits per heavy atom. The summed E-state index contributed by atoms with van der Waals surface area (Å²) in [5, 5.41) is 7.51. The molecule has 72 valence electrons. The monoisotopic (exact) mass is 194 g/mol. The molecule has 0 aliphatic heterocycles. The number of alkyl halides is 1. The maximum Gasteiger partial charge on any atom is 0.354 e. The Bertz CT molecular complexity index is 145. The second kappa shape index (κ2) is 5.38. The predicted octanol–water partition coefficient (Wildman–Crippen LogP) is 1.67. The lowest BCUT2D eigenvalue weighted by Crippen LogP contribution is -2.34. The van der Waals surface area contributed by atoms with E-state index < -0.39 is 11.0 Å². The third-order valence-electron chi connectivity index (χ3n) is 1.45. The lowest BCUT2D eigenvalue weighted by Gasteiger charge is -2.17. The molecule has 0 bridgehead atoms. The highest BCUT2D eigenvalue weighted by molar-refractivity contribution is 6.32. The van der Waals surface area contributed by atoms with Crippen molar-refractivity contribution in [3.8, 4) is 0 Å². The molecule has 0 saturated heterocycles. The van der Waals surface area contributed by atoms with Gasteiger partial charge in [-0.1, -0.05) is 24.9 Å². The fraction of sp³-hybridized carbons (Fsp3) is 0.875. The zero-order chi connectivity index (χ0) is 9.61. The Hall–Kier alpha value is -0.280. The highest BCUT2D eigenvalue weighted by Crippen LogP contribution is 2.20. The van der Waals surface area contributed by atoms with E-state index in [4.69, 9.17) is 11.6 Å². The van der Waals surface area contributed by atoms with Gasteiger partial charge in [-0.05, 0) is 13.3 Å². The molecule has 0 aromatic rings. The Morgan fingerprint density at radius 2 is 2.17 bits per heavy atom. The van der Waals surface area contributed by atoms with Gasteiger partial charge in [-0.15, -0.1) is 0 Å². The molecule has 1 unspecified atom stereocenters. The van der Waals surface area contributed by atoms with E-state index in [1.54, 1.807) is 6.92 Å². The molecular weight excluding hydrogens is 180 g/mol. The van der Waals surface area contributed by atoms with Gasteiger partial charge in [-0.2, -0.15) is 0 Å². The van der Waals surface area contributed by atoms with Gasteiger partial charge in [0.1, 0.15) is 0 Å². The van der Waals surface area contributed by atoms with Crippen LogP contribution in [0.4, 0.5) is 0 Å². The van der Waals surface area contributed by atoms with Crippen molar-refractivity contribution in [2.24, 2.45) is 0 Å². The normalized spacial score (nSPS) is 15.3. The quantitative estimate of drug-likeness (QED) is 0.535. The average molecular weight is 195 g/mol. The topological polar surface area (TPSA) is 46.5 Å². The number of ether oxygens (including phenoxy) is 1. The minimum atomic E-state index is -1.83. The summed E-state index contributed by atoms with van der Waals surface area (Å²) in [5.74, 6) is -0.750. The largest absolute Gasteiger partial charge is 0.463 e. The van der Waals surface area contributed by atoms with Gasteiger partial charge in [0.15, 0.2) is 0 Å². The molecule has 0 heterocycles. The van der Waals surface area contributed by atoms with Crippen LogP contribution < -0.4 is 0 Å². The van der Waals surface area contributed by atoms with Crippen molar-refractivity contribution >= 4 is 17.6 Å². The van der Waals surface area contributed by atoms with Gasteiger partial charge in [0.05, 0.1) is 6.61 Å². The van der Waals surface area contributed by atoms with E-state index in [1.807, 2.05) is 6.92 Å². The number of esters is 1. The number of unbranched alkanes of at least 4 members (excludes halogenated alkanes) is 1. The molecule has 1 atom stereocenters. The Kier molecular flexibility index (Phi) is 5.25. The first kappa shape index (κ1) is 11.7.